The molecule has 0 aromatic rings. The van der Waals surface area contributed by atoms with Crippen molar-refractivity contribution in [3.63, 3.8) is 0 Å². The first-order valence-corrected chi connectivity index (χ1v) is 7.18. The van der Waals surface area contributed by atoms with Gasteiger partial charge in [0, 0.05) is 13.4 Å². The minimum absolute atomic E-state index is 0.725. The molecule has 0 amide bonds. The molecule has 0 aliphatic rings. The normalized spacial score (nSPS) is 12.4. The summed E-state index contributed by atoms with van der Waals surface area (Å²) in [6, 6.07) is 0. The summed E-state index contributed by atoms with van der Waals surface area (Å²) in [5.74, 6) is 0. The van der Waals surface area contributed by atoms with Crippen LogP contribution in [0.4, 0.5) is 0 Å². The average Bonchev–Trinajstić information content (AvgIpc) is 1.65. The van der Waals surface area contributed by atoms with Crippen molar-refractivity contribution in [3.8, 4) is 0 Å². The Bertz CT molecular complexity index is 158. The zero-order valence-corrected chi connectivity index (χ0v) is 7.80. The van der Waals surface area contributed by atoms with Crippen LogP contribution in [0.3, 0.4) is 0 Å². The largest absolute Gasteiger partial charge is 0.225 e. The van der Waals surface area contributed by atoms with Gasteiger partial charge >= 0.3 is 0 Å². The second kappa shape index (κ2) is 3.52. The maximum atomic E-state index is 10.8. The topological polar surface area (TPSA) is 34.1 Å². The monoisotopic (exact) mass is 168 g/mol. The van der Waals surface area contributed by atoms with Gasteiger partial charge in [0.05, 0.1) is 0 Å². The average molecular weight is 168 g/mol. The van der Waals surface area contributed by atoms with E-state index < -0.39 is 16.6 Å². The van der Waals surface area contributed by atoms with Crippen LogP contribution in [-0.4, -0.2) is 27.0 Å². The summed E-state index contributed by atoms with van der Waals surface area (Å²) in [6.07, 6.45) is 2.92. The Morgan fingerprint density at radius 3 is 1.56 bits per heavy atom. The SMILES string of the molecule is CCP(CC)S(C)(=O)=O. The highest BCUT2D eigenvalue weighted by Gasteiger charge is 2.14. The van der Waals surface area contributed by atoms with Gasteiger partial charge in [0.25, 0.3) is 0 Å². The van der Waals surface area contributed by atoms with Crippen molar-refractivity contribution in [1.29, 1.82) is 0 Å². The Morgan fingerprint density at radius 1 is 1.22 bits per heavy atom. The lowest BCUT2D eigenvalue weighted by Crippen LogP contribution is -1.96. The van der Waals surface area contributed by atoms with E-state index >= 15 is 0 Å². The van der Waals surface area contributed by atoms with Gasteiger partial charge in [0.15, 0.2) is 9.46 Å². The van der Waals surface area contributed by atoms with Gasteiger partial charge in [-0.2, -0.15) is 0 Å². The molecular formula is C5H13O2PS. The van der Waals surface area contributed by atoms with E-state index in [9.17, 15) is 8.42 Å². The van der Waals surface area contributed by atoms with Gasteiger partial charge in [-0.05, 0) is 12.3 Å². The highest BCUT2D eigenvalue weighted by molar-refractivity contribution is 8.49. The Labute approximate surface area is 58.1 Å². The highest BCUT2D eigenvalue weighted by Crippen LogP contribution is 2.40. The first kappa shape index (κ1) is 9.38. The summed E-state index contributed by atoms with van der Waals surface area (Å²) in [5.41, 5.74) is 0. The summed E-state index contributed by atoms with van der Waals surface area (Å²) in [6.45, 7) is 3.85. The lowest BCUT2D eigenvalue weighted by molar-refractivity contribution is 0.614. The van der Waals surface area contributed by atoms with Gasteiger partial charge in [0.1, 0.15) is 0 Å². The molecule has 9 heavy (non-hydrogen) atoms. The second-order valence-corrected chi connectivity index (χ2v) is 9.08. The first-order chi connectivity index (χ1) is 4.02. The highest BCUT2D eigenvalue weighted by atomic mass is 32.8. The van der Waals surface area contributed by atoms with Crippen LogP contribution >= 0.6 is 7.12 Å². The summed E-state index contributed by atoms with van der Waals surface area (Å²) in [5, 5.41) is 0. The first-order valence-electron chi connectivity index (χ1n) is 2.97. The molecule has 0 saturated carbocycles. The molecule has 4 heteroatoms. The summed E-state index contributed by atoms with van der Waals surface area (Å²) in [7, 11) is -3.43. The van der Waals surface area contributed by atoms with Crippen molar-refractivity contribution in [2.24, 2.45) is 0 Å². The Morgan fingerprint density at radius 2 is 1.56 bits per heavy atom. The Balaban J connectivity index is 4.14. The molecule has 0 atom stereocenters. The predicted octanol–water partition coefficient (Wildman–Crippen LogP) is 1.47. The third-order valence-electron chi connectivity index (χ3n) is 1.17. The summed E-state index contributed by atoms with van der Waals surface area (Å²) < 4.78 is 21.6. The van der Waals surface area contributed by atoms with Crippen molar-refractivity contribution < 1.29 is 8.42 Å². The molecule has 0 rings (SSSR count). The molecule has 0 radical (unpaired) electrons. The van der Waals surface area contributed by atoms with Crippen LogP contribution in [0.15, 0.2) is 0 Å². The van der Waals surface area contributed by atoms with Crippen molar-refractivity contribution in [1.82, 2.24) is 0 Å². The van der Waals surface area contributed by atoms with Crippen LogP contribution in [0.1, 0.15) is 13.8 Å². The van der Waals surface area contributed by atoms with E-state index in [-0.39, 0.29) is 0 Å². The quantitative estimate of drug-likeness (QED) is 0.598. The molecule has 0 heterocycles. The van der Waals surface area contributed by atoms with Crippen LogP contribution in [-0.2, 0) is 9.46 Å². The van der Waals surface area contributed by atoms with E-state index in [1.54, 1.807) is 0 Å². The molecule has 0 saturated heterocycles. The molecule has 0 aromatic heterocycles. The van der Waals surface area contributed by atoms with Crippen LogP contribution in [0.25, 0.3) is 0 Å². The molecule has 56 valence electrons. The molecule has 0 bridgehead atoms. The molecule has 0 aliphatic heterocycles. The Kier molecular flexibility index (Phi) is 3.67. The molecule has 0 spiro atoms. The smallest absolute Gasteiger partial charge is 0.164 e. The van der Waals surface area contributed by atoms with Crippen LogP contribution in [0.5, 0.6) is 0 Å². The predicted molar refractivity (Wildman–Crippen MR) is 42.8 cm³/mol. The lowest BCUT2D eigenvalue weighted by atomic mass is 11.0. The van der Waals surface area contributed by atoms with E-state index in [0.29, 0.717) is 0 Å². The van der Waals surface area contributed by atoms with E-state index in [4.69, 9.17) is 0 Å². The zero-order valence-electron chi connectivity index (χ0n) is 6.09. The minimum Gasteiger partial charge on any atom is -0.225 e. The minimum atomic E-state index is -2.70. The molecular weight excluding hydrogens is 155 g/mol. The third kappa shape index (κ3) is 3.17. The standard InChI is InChI=1S/C5H13O2PS/c1-4-8(5-2)9(3,6)7/h4-5H2,1-3H3. The molecule has 0 aromatic carbocycles. The van der Waals surface area contributed by atoms with E-state index in [1.807, 2.05) is 13.8 Å². The molecule has 0 N–H and O–H groups in total. The fourth-order valence-electron chi connectivity index (χ4n) is 0.693. The number of hydrogen-bond acceptors (Lipinski definition) is 2. The van der Waals surface area contributed by atoms with E-state index in [2.05, 4.69) is 0 Å². The molecule has 0 fully saturated rings. The van der Waals surface area contributed by atoms with Crippen molar-refractivity contribution in [3.05, 3.63) is 0 Å². The van der Waals surface area contributed by atoms with Crippen LogP contribution in [0.2, 0.25) is 0 Å². The van der Waals surface area contributed by atoms with Gasteiger partial charge in [-0.15, -0.1) is 0 Å². The molecule has 2 nitrogen and oxygen atoms in total. The molecule has 0 aliphatic carbocycles. The van der Waals surface area contributed by atoms with Crippen molar-refractivity contribution in [2.45, 2.75) is 13.8 Å². The van der Waals surface area contributed by atoms with E-state index in [0.717, 1.165) is 12.3 Å². The third-order valence-corrected chi connectivity index (χ3v) is 7.89. The van der Waals surface area contributed by atoms with Gasteiger partial charge < -0.3 is 0 Å². The summed E-state index contributed by atoms with van der Waals surface area (Å²) in [4.78, 5) is 0. The van der Waals surface area contributed by atoms with Gasteiger partial charge in [-0.25, -0.2) is 8.42 Å². The zero-order chi connectivity index (χ0) is 7.49. The van der Waals surface area contributed by atoms with Gasteiger partial charge in [-0.1, -0.05) is 13.8 Å². The van der Waals surface area contributed by atoms with Gasteiger partial charge in [-0.3, -0.25) is 0 Å². The fraction of sp³-hybridized carbons (Fsp3) is 1.00. The van der Waals surface area contributed by atoms with Gasteiger partial charge in [0.2, 0.25) is 0 Å². The fourth-order valence-corrected chi connectivity index (χ4v) is 4.89. The number of hydrogen-bond donors (Lipinski definition) is 0. The maximum absolute atomic E-state index is 10.8. The lowest BCUT2D eigenvalue weighted by Gasteiger charge is -2.08. The Hall–Kier alpha value is 0.380. The second-order valence-electron chi connectivity index (χ2n) is 1.85. The van der Waals surface area contributed by atoms with E-state index in [1.165, 1.54) is 6.26 Å². The molecule has 0 unspecified atom stereocenters. The van der Waals surface area contributed by atoms with Crippen LogP contribution in [0, 0.1) is 0 Å². The van der Waals surface area contributed by atoms with Crippen molar-refractivity contribution in [2.75, 3.05) is 18.6 Å². The summed E-state index contributed by atoms with van der Waals surface area (Å²) >= 11 is 0. The number of rotatable bonds is 3. The maximum Gasteiger partial charge on any atom is 0.164 e. The van der Waals surface area contributed by atoms with Crippen LogP contribution < -0.4 is 0 Å². The van der Waals surface area contributed by atoms with Crippen molar-refractivity contribution >= 4 is 16.6 Å².